The summed E-state index contributed by atoms with van der Waals surface area (Å²) in [5, 5.41) is 0. The minimum Gasteiger partial charge on any atom is -0.376 e. The molecule has 0 amide bonds. The van der Waals surface area contributed by atoms with Crippen molar-refractivity contribution in [3.05, 3.63) is 0 Å². The fourth-order valence-electron chi connectivity index (χ4n) is 4.21. The molecule has 2 N–H and O–H groups in total. The van der Waals surface area contributed by atoms with Gasteiger partial charge in [0.1, 0.15) is 0 Å². The minimum atomic E-state index is 0.140. The molecule has 1 saturated heterocycles. The van der Waals surface area contributed by atoms with Crippen molar-refractivity contribution in [2.45, 2.75) is 64.0 Å². The summed E-state index contributed by atoms with van der Waals surface area (Å²) in [4.78, 5) is 6.99. The monoisotopic (exact) mass is 265 g/mol. The van der Waals surface area contributed by atoms with Gasteiger partial charge in [-0.05, 0) is 31.1 Å². The van der Waals surface area contributed by atoms with Crippen LogP contribution in [0.4, 0.5) is 0 Å². The second-order valence-electron chi connectivity index (χ2n) is 7.04. The molecular weight excluding hydrogens is 238 g/mol. The fourth-order valence-corrected chi connectivity index (χ4v) is 4.21. The third-order valence-electron chi connectivity index (χ3n) is 5.61. The van der Waals surface area contributed by atoms with E-state index in [0.29, 0.717) is 6.10 Å². The van der Waals surface area contributed by atoms with E-state index in [1.54, 1.807) is 0 Å². The van der Waals surface area contributed by atoms with Crippen LogP contribution >= 0.6 is 0 Å². The molecule has 1 spiro atoms. The third-order valence-corrected chi connectivity index (χ3v) is 5.61. The Hall–Kier alpha value is -0.770. The largest absolute Gasteiger partial charge is 0.376 e. The lowest BCUT2D eigenvalue weighted by atomic mass is 9.62. The van der Waals surface area contributed by atoms with E-state index in [9.17, 15) is 0 Å². The average molecular weight is 265 g/mol. The van der Waals surface area contributed by atoms with E-state index < -0.39 is 0 Å². The summed E-state index contributed by atoms with van der Waals surface area (Å²) >= 11 is 0. The maximum Gasteiger partial charge on any atom is 0.191 e. The van der Waals surface area contributed by atoms with Gasteiger partial charge in [-0.25, -0.2) is 0 Å². The van der Waals surface area contributed by atoms with Crippen LogP contribution in [0.1, 0.15) is 52.4 Å². The molecular formula is C15H27N3O. The molecule has 2 aliphatic heterocycles. The molecule has 1 saturated carbocycles. The topological polar surface area (TPSA) is 50.8 Å². The van der Waals surface area contributed by atoms with Crippen molar-refractivity contribution < 1.29 is 4.74 Å². The highest BCUT2D eigenvalue weighted by molar-refractivity contribution is 5.81. The fraction of sp³-hybridized carbons (Fsp3) is 0.933. The van der Waals surface area contributed by atoms with Crippen LogP contribution in [0, 0.1) is 5.41 Å². The average Bonchev–Trinajstić information content (AvgIpc) is 2.97. The van der Waals surface area contributed by atoms with Gasteiger partial charge in [-0.15, -0.1) is 0 Å². The zero-order valence-corrected chi connectivity index (χ0v) is 12.3. The molecule has 0 aromatic rings. The molecule has 0 radical (unpaired) electrons. The van der Waals surface area contributed by atoms with Gasteiger partial charge in [-0.1, -0.05) is 26.7 Å². The number of nitrogens with two attached hydrogens (primary N) is 1. The van der Waals surface area contributed by atoms with Crippen molar-refractivity contribution in [2.75, 3.05) is 19.7 Å². The van der Waals surface area contributed by atoms with E-state index in [-0.39, 0.29) is 11.0 Å². The Kier molecular flexibility index (Phi) is 3.24. The summed E-state index contributed by atoms with van der Waals surface area (Å²) in [5.41, 5.74) is 6.63. The summed E-state index contributed by atoms with van der Waals surface area (Å²) in [6.45, 7) is 7.49. The molecule has 2 unspecified atom stereocenters. The van der Waals surface area contributed by atoms with Crippen molar-refractivity contribution >= 4 is 5.96 Å². The van der Waals surface area contributed by atoms with Gasteiger partial charge in [0.2, 0.25) is 0 Å². The van der Waals surface area contributed by atoms with Crippen LogP contribution < -0.4 is 5.73 Å². The number of guanidine groups is 1. The van der Waals surface area contributed by atoms with Crippen molar-refractivity contribution in [2.24, 2.45) is 16.1 Å². The van der Waals surface area contributed by atoms with Crippen LogP contribution in [-0.4, -0.2) is 42.2 Å². The van der Waals surface area contributed by atoms with E-state index in [0.717, 1.165) is 25.7 Å². The van der Waals surface area contributed by atoms with Crippen LogP contribution in [0.15, 0.2) is 4.99 Å². The molecule has 4 nitrogen and oxygen atoms in total. The Balaban J connectivity index is 1.83. The number of nitrogens with zero attached hydrogens (tertiary/aromatic N) is 2. The first-order valence-corrected chi connectivity index (χ1v) is 7.74. The van der Waals surface area contributed by atoms with Crippen LogP contribution in [0.5, 0.6) is 0 Å². The molecule has 19 heavy (non-hydrogen) atoms. The van der Waals surface area contributed by atoms with Crippen molar-refractivity contribution in [3.63, 3.8) is 0 Å². The van der Waals surface area contributed by atoms with Gasteiger partial charge in [0, 0.05) is 13.2 Å². The van der Waals surface area contributed by atoms with Gasteiger partial charge in [0.25, 0.3) is 0 Å². The van der Waals surface area contributed by atoms with Crippen LogP contribution in [0.2, 0.25) is 0 Å². The van der Waals surface area contributed by atoms with E-state index in [2.05, 4.69) is 23.7 Å². The second-order valence-corrected chi connectivity index (χ2v) is 7.04. The summed E-state index contributed by atoms with van der Waals surface area (Å²) < 4.78 is 5.81. The summed E-state index contributed by atoms with van der Waals surface area (Å²) in [6.07, 6.45) is 7.83. The maximum atomic E-state index is 6.20. The summed E-state index contributed by atoms with van der Waals surface area (Å²) in [6, 6.07) is 0. The highest BCUT2D eigenvalue weighted by Gasteiger charge is 2.54. The lowest BCUT2D eigenvalue weighted by Gasteiger charge is -2.53. The molecule has 1 aliphatic carbocycles. The SMILES string of the molecule is CC1(C)CCCCC12CN=C(N)N2CC1CCCO1. The molecule has 2 heterocycles. The molecule has 0 bridgehead atoms. The Bertz CT molecular complexity index is 374. The Labute approximate surface area is 116 Å². The molecule has 3 rings (SSSR count). The first-order valence-electron chi connectivity index (χ1n) is 7.74. The number of ether oxygens (including phenoxy) is 1. The molecule has 0 aromatic heterocycles. The highest BCUT2D eigenvalue weighted by atomic mass is 16.5. The van der Waals surface area contributed by atoms with Gasteiger partial charge >= 0.3 is 0 Å². The minimum absolute atomic E-state index is 0.140. The predicted octanol–water partition coefficient (Wildman–Crippen LogP) is 2.13. The third kappa shape index (κ3) is 2.04. The van der Waals surface area contributed by atoms with Gasteiger partial charge < -0.3 is 15.4 Å². The van der Waals surface area contributed by atoms with Crippen molar-refractivity contribution in [1.82, 2.24) is 4.90 Å². The highest BCUT2D eigenvalue weighted by Crippen LogP contribution is 2.49. The number of hydrogen-bond acceptors (Lipinski definition) is 4. The Morgan fingerprint density at radius 2 is 2.11 bits per heavy atom. The number of aliphatic imine (C=N–C) groups is 1. The normalized spacial score (nSPS) is 37.9. The van der Waals surface area contributed by atoms with Gasteiger partial charge in [-0.2, -0.15) is 0 Å². The van der Waals surface area contributed by atoms with Crippen LogP contribution in [0.25, 0.3) is 0 Å². The molecule has 3 aliphatic rings. The molecule has 0 aromatic carbocycles. The molecule has 4 heteroatoms. The van der Waals surface area contributed by atoms with E-state index in [4.69, 9.17) is 10.5 Å². The smallest absolute Gasteiger partial charge is 0.191 e. The Morgan fingerprint density at radius 3 is 2.79 bits per heavy atom. The Morgan fingerprint density at radius 1 is 1.32 bits per heavy atom. The first-order chi connectivity index (χ1) is 9.05. The van der Waals surface area contributed by atoms with Gasteiger partial charge in [-0.3, -0.25) is 4.99 Å². The summed E-state index contributed by atoms with van der Waals surface area (Å²) in [7, 11) is 0. The second kappa shape index (κ2) is 4.65. The zero-order chi connectivity index (χ0) is 13.5. The standard InChI is InChI=1S/C15H27N3O/c1-14(2)7-3-4-8-15(14)11-17-13(16)18(15)10-12-6-5-9-19-12/h12H,3-11H2,1-2H3,(H2,16,17). The van der Waals surface area contributed by atoms with Crippen LogP contribution in [0.3, 0.4) is 0 Å². The molecule has 2 fully saturated rings. The van der Waals surface area contributed by atoms with Crippen molar-refractivity contribution in [3.8, 4) is 0 Å². The molecule has 108 valence electrons. The molecule has 2 atom stereocenters. The summed E-state index contributed by atoms with van der Waals surface area (Å²) in [5.74, 6) is 0.741. The van der Waals surface area contributed by atoms with Gasteiger partial charge in [0.05, 0.1) is 18.2 Å². The first kappa shape index (κ1) is 13.2. The van der Waals surface area contributed by atoms with Crippen LogP contribution in [-0.2, 0) is 4.74 Å². The quantitative estimate of drug-likeness (QED) is 0.832. The van der Waals surface area contributed by atoms with E-state index >= 15 is 0 Å². The van der Waals surface area contributed by atoms with E-state index in [1.165, 1.54) is 38.5 Å². The zero-order valence-electron chi connectivity index (χ0n) is 12.3. The number of rotatable bonds is 2. The maximum absolute atomic E-state index is 6.20. The van der Waals surface area contributed by atoms with Crippen molar-refractivity contribution in [1.29, 1.82) is 0 Å². The van der Waals surface area contributed by atoms with E-state index in [1.807, 2.05) is 0 Å². The lowest BCUT2D eigenvalue weighted by molar-refractivity contribution is -0.0156. The lowest BCUT2D eigenvalue weighted by Crippen LogP contribution is -2.62. The van der Waals surface area contributed by atoms with Gasteiger partial charge in [0.15, 0.2) is 5.96 Å². The predicted molar refractivity (Wildman–Crippen MR) is 77.1 cm³/mol. The number of hydrogen-bond donors (Lipinski definition) is 1.